The minimum Gasteiger partial charge on any atom is -0.492 e. The minimum absolute atomic E-state index is 0.222. The number of benzene rings is 1. The van der Waals surface area contributed by atoms with Crippen molar-refractivity contribution in [2.45, 2.75) is 6.42 Å². The molecule has 1 aromatic carbocycles. The van der Waals surface area contributed by atoms with Gasteiger partial charge in [0.2, 0.25) is 5.88 Å². The number of aromatic hydroxyl groups is 1. The van der Waals surface area contributed by atoms with Crippen LogP contribution in [-0.4, -0.2) is 21.2 Å². The van der Waals surface area contributed by atoms with Crippen molar-refractivity contribution in [1.82, 2.24) is 4.98 Å². The summed E-state index contributed by atoms with van der Waals surface area (Å²) in [5.74, 6) is -1.22. The van der Waals surface area contributed by atoms with E-state index < -0.39 is 5.97 Å². The van der Waals surface area contributed by atoms with Gasteiger partial charge < -0.3 is 15.5 Å². The fraction of sp³-hybridized carbons (Fsp3) is 0.0909. The second-order valence-corrected chi connectivity index (χ2v) is 4.41. The van der Waals surface area contributed by atoms with E-state index in [1.54, 1.807) is 0 Å². The molecule has 17 heavy (non-hydrogen) atoms. The van der Waals surface area contributed by atoms with Crippen LogP contribution in [0.15, 0.2) is 30.3 Å². The standard InChI is InChI=1S/C11H10N2O3S/c14-9(15)6-8-10(16)13-11(17-8)12-7-4-2-1-3-5-7/h1-5,16H,6H2,(H,12,13)(H,14,15). The fourth-order valence-corrected chi connectivity index (χ4v) is 2.16. The van der Waals surface area contributed by atoms with Crippen molar-refractivity contribution in [3.63, 3.8) is 0 Å². The second kappa shape index (κ2) is 4.84. The highest BCUT2D eigenvalue weighted by molar-refractivity contribution is 7.16. The lowest BCUT2D eigenvalue weighted by atomic mass is 10.3. The Balaban J connectivity index is 2.15. The van der Waals surface area contributed by atoms with Crippen LogP contribution in [0.3, 0.4) is 0 Å². The Kier molecular flexibility index (Phi) is 3.24. The first-order chi connectivity index (χ1) is 8.15. The number of aromatic nitrogens is 1. The molecule has 5 nitrogen and oxygen atoms in total. The van der Waals surface area contributed by atoms with E-state index >= 15 is 0 Å². The molecule has 6 heteroatoms. The van der Waals surface area contributed by atoms with Crippen LogP contribution in [0, 0.1) is 0 Å². The van der Waals surface area contributed by atoms with Crippen LogP contribution < -0.4 is 5.32 Å². The van der Waals surface area contributed by atoms with Crippen LogP contribution in [0.5, 0.6) is 5.88 Å². The molecule has 2 aromatic rings. The summed E-state index contributed by atoms with van der Waals surface area (Å²) in [6, 6.07) is 9.34. The molecule has 3 N–H and O–H groups in total. The molecule has 0 unspecified atom stereocenters. The molecule has 0 fully saturated rings. The molecule has 0 atom stereocenters. The molecule has 0 radical (unpaired) electrons. The van der Waals surface area contributed by atoms with E-state index in [4.69, 9.17) is 5.11 Å². The lowest BCUT2D eigenvalue weighted by Crippen LogP contribution is -1.97. The van der Waals surface area contributed by atoms with Crippen molar-refractivity contribution in [3.8, 4) is 5.88 Å². The maximum absolute atomic E-state index is 10.5. The van der Waals surface area contributed by atoms with Crippen molar-refractivity contribution in [2.24, 2.45) is 0 Å². The first-order valence-corrected chi connectivity index (χ1v) is 5.69. The number of hydrogen-bond donors (Lipinski definition) is 3. The zero-order valence-corrected chi connectivity index (χ0v) is 9.57. The molecule has 0 saturated carbocycles. The summed E-state index contributed by atoms with van der Waals surface area (Å²) in [5.41, 5.74) is 0.836. The van der Waals surface area contributed by atoms with Crippen LogP contribution >= 0.6 is 11.3 Å². The van der Waals surface area contributed by atoms with E-state index in [1.165, 1.54) is 0 Å². The molecule has 0 aliphatic heterocycles. The zero-order valence-electron chi connectivity index (χ0n) is 8.75. The molecular weight excluding hydrogens is 240 g/mol. The van der Waals surface area contributed by atoms with Gasteiger partial charge in [-0.05, 0) is 12.1 Å². The van der Waals surface area contributed by atoms with Crippen LogP contribution in [-0.2, 0) is 11.2 Å². The molecule has 0 aliphatic rings. The molecule has 0 spiro atoms. The molecule has 1 aromatic heterocycles. The highest BCUT2D eigenvalue weighted by atomic mass is 32.1. The van der Waals surface area contributed by atoms with Crippen LogP contribution in [0.2, 0.25) is 0 Å². The molecule has 2 rings (SSSR count). The summed E-state index contributed by atoms with van der Waals surface area (Å²) in [7, 11) is 0. The maximum Gasteiger partial charge on any atom is 0.308 e. The second-order valence-electron chi connectivity index (χ2n) is 3.33. The number of aliphatic carboxylic acids is 1. The average Bonchev–Trinajstić information content (AvgIpc) is 2.59. The summed E-state index contributed by atoms with van der Waals surface area (Å²) >= 11 is 1.13. The maximum atomic E-state index is 10.5. The topological polar surface area (TPSA) is 82.5 Å². The van der Waals surface area contributed by atoms with Crippen molar-refractivity contribution >= 4 is 28.1 Å². The van der Waals surface area contributed by atoms with E-state index in [0.717, 1.165) is 17.0 Å². The average molecular weight is 250 g/mol. The van der Waals surface area contributed by atoms with Gasteiger partial charge in [0.25, 0.3) is 0 Å². The number of anilines is 2. The van der Waals surface area contributed by atoms with E-state index in [-0.39, 0.29) is 12.3 Å². The van der Waals surface area contributed by atoms with Crippen LogP contribution in [0.1, 0.15) is 4.88 Å². The molecule has 0 saturated heterocycles. The zero-order chi connectivity index (χ0) is 12.3. The number of nitrogens with one attached hydrogen (secondary N) is 1. The Morgan fingerprint density at radius 2 is 2.06 bits per heavy atom. The smallest absolute Gasteiger partial charge is 0.308 e. The molecule has 88 valence electrons. The third-order valence-electron chi connectivity index (χ3n) is 2.01. The van der Waals surface area contributed by atoms with E-state index in [1.807, 2.05) is 30.3 Å². The van der Waals surface area contributed by atoms with E-state index in [2.05, 4.69) is 10.3 Å². The third kappa shape index (κ3) is 2.94. The summed E-state index contributed by atoms with van der Waals surface area (Å²) < 4.78 is 0. The van der Waals surface area contributed by atoms with Gasteiger partial charge in [-0.2, -0.15) is 4.98 Å². The van der Waals surface area contributed by atoms with Gasteiger partial charge in [0, 0.05) is 5.69 Å². The number of hydrogen-bond acceptors (Lipinski definition) is 5. The van der Waals surface area contributed by atoms with Crippen LogP contribution in [0.4, 0.5) is 10.8 Å². The Hall–Kier alpha value is -2.08. The largest absolute Gasteiger partial charge is 0.492 e. The summed E-state index contributed by atoms with van der Waals surface area (Å²) in [6.45, 7) is 0. The highest BCUT2D eigenvalue weighted by Crippen LogP contribution is 2.30. The molecule has 1 heterocycles. The Morgan fingerprint density at radius 3 is 2.71 bits per heavy atom. The van der Waals surface area contributed by atoms with Crippen molar-refractivity contribution in [3.05, 3.63) is 35.2 Å². The van der Waals surface area contributed by atoms with E-state index in [9.17, 15) is 9.90 Å². The first kappa shape index (κ1) is 11.4. The van der Waals surface area contributed by atoms with Gasteiger partial charge in [-0.25, -0.2) is 0 Å². The van der Waals surface area contributed by atoms with E-state index in [0.29, 0.717) is 10.0 Å². The van der Waals surface area contributed by atoms with Crippen molar-refractivity contribution in [1.29, 1.82) is 0 Å². The summed E-state index contributed by atoms with van der Waals surface area (Å²) in [4.78, 5) is 14.7. The number of nitrogens with zero attached hydrogens (tertiary/aromatic N) is 1. The number of carboxylic acid groups (broad SMARTS) is 1. The summed E-state index contributed by atoms with van der Waals surface area (Å²) in [6.07, 6.45) is -0.222. The van der Waals surface area contributed by atoms with Gasteiger partial charge >= 0.3 is 5.97 Å². The number of thiazole rings is 1. The lowest BCUT2D eigenvalue weighted by molar-refractivity contribution is -0.136. The van der Waals surface area contributed by atoms with Crippen molar-refractivity contribution < 1.29 is 15.0 Å². The Labute approximate surface area is 101 Å². The normalized spacial score (nSPS) is 10.1. The SMILES string of the molecule is O=C(O)Cc1sc(Nc2ccccc2)nc1O. The number of para-hydroxylation sites is 1. The van der Waals surface area contributed by atoms with Gasteiger partial charge in [0.1, 0.15) is 0 Å². The number of rotatable bonds is 4. The van der Waals surface area contributed by atoms with Gasteiger partial charge in [0.15, 0.2) is 5.13 Å². The molecular formula is C11H10N2O3S. The lowest BCUT2D eigenvalue weighted by Gasteiger charge is -1.99. The summed E-state index contributed by atoms with van der Waals surface area (Å²) in [5, 5.41) is 21.6. The Bertz CT molecular complexity index is 525. The monoisotopic (exact) mass is 250 g/mol. The van der Waals surface area contributed by atoms with Gasteiger partial charge in [-0.15, -0.1) is 0 Å². The number of carbonyl (C=O) groups is 1. The molecule has 0 bridgehead atoms. The minimum atomic E-state index is -0.991. The third-order valence-corrected chi connectivity index (χ3v) is 2.97. The quantitative estimate of drug-likeness (QED) is 0.775. The fourth-order valence-electron chi connectivity index (χ4n) is 1.29. The predicted octanol–water partition coefficient (Wildman–Crippen LogP) is 2.22. The van der Waals surface area contributed by atoms with Gasteiger partial charge in [-0.1, -0.05) is 29.5 Å². The van der Waals surface area contributed by atoms with Crippen LogP contribution in [0.25, 0.3) is 0 Å². The number of carboxylic acids is 1. The molecule has 0 aliphatic carbocycles. The first-order valence-electron chi connectivity index (χ1n) is 4.87. The highest BCUT2D eigenvalue weighted by Gasteiger charge is 2.13. The van der Waals surface area contributed by atoms with Crippen molar-refractivity contribution in [2.75, 3.05) is 5.32 Å². The van der Waals surface area contributed by atoms with Gasteiger partial charge in [0.05, 0.1) is 11.3 Å². The predicted molar refractivity (Wildman–Crippen MR) is 64.8 cm³/mol. The van der Waals surface area contributed by atoms with Gasteiger partial charge in [-0.3, -0.25) is 4.79 Å². The molecule has 0 amide bonds. The Morgan fingerprint density at radius 1 is 1.35 bits per heavy atom.